The molecule has 1 aliphatic rings. The van der Waals surface area contributed by atoms with E-state index in [-0.39, 0.29) is 18.4 Å². The average molecular weight is 297 g/mol. The van der Waals surface area contributed by atoms with Crippen LogP contribution in [-0.4, -0.2) is 36.2 Å². The predicted molar refractivity (Wildman–Crippen MR) is 81.1 cm³/mol. The topological polar surface area (TPSA) is 52.6 Å². The Hall–Kier alpha value is -1.26. The first-order valence-corrected chi connectivity index (χ1v) is 7.23. The van der Waals surface area contributed by atoms with Gasteiger partial charge < -0.3 is 15.3 Å². The van der Waals surface area contributed by atoms with E-state index in [0.29, 0.717) is 11.6 Å². The minimum atomic E-state index is -0.575. The fourth-order valence-corrected chi connectivity index (χ4v) is 2.63. The van der Waals surface area contributed by atoms with Gasteiger partial charge in [0.05, 0.1) is 28.8 Å². The second kappa shape index (κ2) is 6.02. The fourth-order valence-electron chi connectivity index (χ4n) is 2.38. The highest BCUT2D eigenvalue weighted by atomic mass is 35.5. The predicted octanol–water partition coefficient (Wildman–Crippen LogP) is 2.05. The summed E-state index contributed by atoms with van der Waals surface area (Å²) in [4.78, 5) is 14.3. The molecule has 1 atom stereocenters. The number of amides is 1. The van der Waals surface area contributed by atoms with Crippen LogP contribution in [0.5, 0.6) is 0 Å². The van der Waals surface area contributed by atoms with Crippen LogP contribution in [0.1, 0.15) is 20.3 Å². The summed E-state index contributed by atoms with van der Waals surface area (Å²) in [6.07, 6.45) is 0.804. The number of aliphatic hydroxyl groups is 1. The Morgan fingerprint density at radius 3 is 2.85 bits per heavy atom. The standard InChI is InChI=1S/C15H21ClN2O2/c1-15(2,10-19)17-14(20)11-7-8-18(9-11)13-6-4-3-5-12(13)16/h3-6,11,19H,7-10H2,1-2H3,(H,17,20). The molecule has 1 heterocycles. The lowest BCUT2D eigenvalue weighted by molar-refractivity contribution is -0.126. The molecule has 1 fully saturated rings. The van der Waals surface area contributed by atoms with E-state index in [9.17, 15) is 9.90 Å². The quantitative estimate of drug-likeness (QED) is 0.894. The number of aliphatic hydroxyl groups excluding tert-OH is 1. The smallest absolute Gasteiger partial charge is 0.225 e. The van der Waals surface area contributed by atoms with Gasteiger partial charge in [0.2, 0.25) is 5.91 Å². The molecule has 5 heteroatoms. The van der Waals surface area contributed by atoms with E-state index in [0.717, 1.165) is 18.7 Å². The second-order valence-corrected chi connectivity index (χ2v) is 6.32. The van der Waals surface area contributed by atoms with Crippen LogP contribution in [0.15, 0.2) is 24.3 Å². The minimum absolute atomic E-state index is 0.00129. The first kappa shape index (κ1) is 15.1. The van der Waals surface area contributed by atoms with Gasteiger partial charge in [-0.3, -0.25) is 4.79 Å². The molecule has 20 heavy (non-hydrogen) atoms. The van der Waals surface area contributed by atoms with Crippen LogP contribution in [0.4, 0.5) is 5.69 Å². The fraction of sp³-hybridized carbons (Fsp3) is 0.533. The van der Waals surface area contributed by atoms with Gasteiger partial charge in [0, 0.05) is 13.1 Å². The van der Waals surface area contributed by atoms with Crippen molar-refractivity contribution >= 4 is 23.2 Å². The number of hydrogen-bond donors (Lipinski definition) is 2. The lowest BCUT2D eigenvalue weighted by Crippen LogP contribution is -2.49. The molecule has 1 aliphatic heterocycles. The Morgan fingerprint density at radius 2 is 2.20 bits per heavy atom. The first-order chi connectivity index (χ1) is 9.43. The summed E-state index contributed by atoms with van der Waals surface area (Å²) in [5.74, 6) is -0.0595. The molecule has 1 aromatic carbocycles. The van der Waals surface area contributed by atoms with Crippen molar-refractivity contribution < 1.29 is 9.90 Å². The summed E-state index contributed by atoms with van der Waals surface area (Å²) in [7, 11) is 0. The molecular weight excluding hydrogens is 276 g/mol. The summed E-state index contributed by atoms with van der Waals surface area (Å²) in [6.45, 7) is 5.04. The molecule has 2 N–H and O–H groups in total. The van der Waals surface area contributed by atoms with Crippen molar-refractivity contribution in [2.75, 3.05) is 24.6 Å². The Morgan fingerprint density at radius 1 is 1.50 bits per heavy atom. The van der Waals surface area contributed by atoms with E-state index < -0.39 is 5.54 Å². The number of anilines is 1. The number of benzene rings is 1. The van der Waals surface area contributed by atoms with Gasteiger partial charge in [0.1, 0.15) is 0 Å². The molecule has 0 bridgehead atoms. The molecule has 1 unspecified atom stereocenters. The third-order valence-electron chi connectivity index (χ3n) is 3.61. The van der Waals surface area contributed by atoms with Crippen molar-refractivity contribution in [3.63, 3.8) is 0 Å². The summed E-state index contributed by atoms with van der Waals surface area (Å²) in [5, 5.41) is 12.8. The zero-order valence-corrected chi connectivity index (χ0v) is 12.7. The molecule has 0 aliphatic carbocycles. The van der Waals surface area contributed by atoms with E-state index in [1.807, 2.05) is 38.1 Å². The van der Waals surface area contributed by atoms with Crippen molar-refractivity contribution in [1.82, 2.24) is 5.32 Å². The maximum Gasteiger partial charge on any atom is 0.225 e. The summed E-state index contributed by atoms with van der Waals surface area (Å²) in [5.41, 5.74) is 0.403. The van der Waals surface area contributed by atoms with E-state index in [2.05, 4.69) is 10.2 Å². The van der Waals surface area contributed by atoms with Gasteiger partial charge in [-0.15, -0.1) is 0 Å². The van der Waals surface area contributed by atoms with Gasteiger partial charge in [-0.2, -0.15) is 0 Å². The van der Waals surface area contributed by atoms with Crippen LogP contribution in [0.2, 0.25) is 5.02 Å². The Bertz CT molecular complexity index is 491. The van der Waals surface area contributed by atoms with Gasteiger partial charge in [0.25, 0.3) is 0 Å². The van der Waals surface area contributed by atoms with Crippen LogP contribution >= 0.6 is 11.6 Å². The van der Waals surface area contributed by atoms with Gasteiger partial charge >= 0.3 is 0 Å². The summed E-state index contributed by atoms with van der Waals surface area (Å²) in [6, 6.07) is 7.68. The molecule has 0 saturated carbocycles. The van der Waals surface area contributed by atoms with E-state index in [4.69, 9.17) is 11.6 Å². The monoisotopic (exact) mass is 296 g/mol. The van der Waals surface area contributed by atoms with Crippen LogP contribution in [0, 0.1) is 5.92 Å². The maximum atomic E-state index is 12.2. The van der Waals surface area contributed by atoms with Crippen molar-refractivity contribution in [3.8, 4) is 0 Å². The largest absolute Gasteiger partial charge is 0.394 e. The molecule has 110 valence electrons. The lowest BCUT2D eigenvalue weighted by Gasteiger charge is -2.26. The average Bonchev–Trinajstić information content (AvgIpc) is 2.88. The minimum Gasteiger partial charge on any atom is -0.394 e. The molecule has 0 aromatic heterocycles. The molecule has 1 amide bonds. The SMILES string of the molecule is CC(C)(CO)NC(=O)C1CCN(c2ccccc2Cl)C1. The van der Waals surface area contributed by atoms with E-state index in [1.54, 1.807) is 0 Å². The van der Waals surface area contributed by atoms with Gasteiger partial charge in [-0.25, -0.2) is 0 Å². The van der Waals surface area contributed by atoms with Crippen molar-refractivity contribution in [3.05, 3.63) is 29.3 Å². The highest BCUT2D eigenvalue weighted by Gasteiger charge is 2.31. The third-order valence-corrected chi connectivity index (χ3v) is 3.93. The molecule has 4 nitrogen and oxygen atoms in total. The number of nitrogens with one attached hydrogen (secondary N) is 1. The van der Waals surface area contributed by atoms with Crippen LogP contribution in [0.3, 0.4) is 0 Å². The van der Waals surface area contributed by atoms with Gasteiger partial charge in [0.15, 0.2) is 0 Å². The number of hydrogen-bond acceptors (Lipinski definition) is 3. The number of rotatable bonds is 4. The summed E-state index contributed by atoms with van der Waals surface area (Å²) >= 11 is 6.19. The van der Waals surface area contributed by atoms with Crippen LogP contribution in [-0.2, 0) is 4.79 Å². The number of carbonyl (C=O) groups is 1. The van der Waals surface area contributed by atoms with Crippen LogP contribution in [0.25, 0.3) is 0 Å². The van der Waals surface area contributed by atoms with E-state index in [1.165, 1.54) is 0 Å². The van der Waals surface area contributed by atoms with Crippen molar-refractivity contribution in [1.29, 1.82) is 0 Å². The van der Waals surface area contributed by atoms with Gasteiger partial charge in [-0.05, 0) is 32.4 Å². The normalized spacial score (nSPS) is 19.2. The molecule has 0 spiro atoms. The van der Waals surface area contributed by atoms with Crippen molar-refractivity contribution in [2.24, 2.45) is 5.92 Å². The van der Waals surface area contributed by atoms with Crippen molar-refractivity contribution in [2.45, 2.75) is 25.8 Å². The first-order valence-electron chi connectivity index (χ1n) is 6.85. The highest BCUT2D eigenvalue weighted by Crippen LogP contribution is 2.30. The van der Waals surface area contributed by atoms with Gasteiger partial charge in [-0.1, -0.05) is 23.7 Å². The van der Waals surface area contributed by atoms with E-state index >= 15 is 0 Å². The Labute approximate surface area is 124 Å². The Kier molecular flexibility index (Phi) is 4.55. The maximum absolute atomic E-state index is 12.2. The summed E-state index contributed by atoms with van der Waals surface area (Å²) < 4.78 is 0. The molecule has 2 rings (SSSR count). The number of para-hydroxylation sites is 1. The molecule has 0 radical (unpaired) electrons. The Balaban J connectivity index is 1.99. The zero-order chi connectivity index (χ0) is 14.8. The molecule has 1 saturated heterocycles. The third kappa shape index (κ3) is 3.44. The number of nitrogens with zero attached hydrogens (tertiary/aromatic N) is 1. The number of carbonyl (C=O) groups excluding carboxylic acids is 1. The lowest BCUT2D eigenvalue weighted by atomic mass is 10.0. The molecular formula is C15H21ClN2O2. The molecule has 1 aromatic rings. The second-order valence-electron chi connectivity index (χ2n) is 5.91. The number of halogens is 1. The highest BCUT2D eigenvalue weighted by molar-refractivity contribution is 6.33. The zero-order valence-electron chi connectivity index (χ0n) is 11.9. The van der Waals surface area contributed by atoms with Crippen LogP contribution < -0.4 is 10.2 Å².